The number of rotatable bonds is 6. The summed E-state index contributed by atoms with van der Waals surface area (Å²) in [6.45, 7) is 0.0405. The molecule has 0 aromatic heterocycles. The van der Waals surface area contributed by atoms with E-state index in [1.165, 1.54) is 0 Å². The lowest BCUT2D eigenvalue weighted by molar-refractivity contribution is -0.114. The molecule has 30 heavy (non-hydrogen) atoms. The monoisotopic (exact) mass is 395 g/mol. The molecule has 0 aliphatic heterocycles. The highest BCUT2D eigenvalue weighted by Gasteiger charge is 2.12. The number of nitrogens with one attached hydrogen (secondary N) is 3. The molecule has 0 radical (unpaired) electrons. The molecule has 0 saturated heterocycles. The normalized spacial score (nSPS) is 10.4. The highest BCUT2D eigenvalue weighted by atomic mass is 16.2. The molecule has 4 aromatic carbocycles. The fourth-order valence-corrected chi connectivity index (χ4v) is 3.26. The Kier molecular flexibility index (Phi) is 5.71. The van der Waals surface area contributed by atoms with Crippen LogP contribution in [0.15, 0.2) is 97.1 Å². The van der Waals surface area contributed by atoms with E-state index in [1.54, 1.807) is 18.2 Å². The summed E-state index contributed by atoms with van der Waals surface area (Å²) in [5, 5.41) is 10.9. The summed E-state index contributed by atoms with van der Waals surface area (Å²) in [4.78, 5) is 25.2. The highest BCUT2D eigenvalue weighted by Crippen LogP contribution is 2.23. The zero-order valence-electron chi connectivity index (χ0n) is 16.3. The molecule has 0 bridgehead atoms. The Morgan fingerprint density at radius 2 is 1.30 bits per heavy atom. The lowest BCUT2D eigenvalue weighted by Gasteiger charge is -2.13. The van der Waals surface area contributed by atoms with Crippen molar-refractivity contribution >= 4 is 39.6 Å². The molecule has 0 aliphatic carbocycles. The summed E-state index contributed by atoms with van der Waals surface area (Å²) in [6, 6.07) is 30.1. The number of carbonyl (C=O) groups excluding carboxylic acids is 2. The van der Waals surface area contributed by atoms with E-state index < -0.39 is 0 Å². The first-order valence-electron chi connectivity index (χ1n) is 9.67. The fraction of sp³-hybridized carbons (Fsp3) is 0.0400. The van der Waals surface area contributed by atoms with E-state index in [0.29, 0.717) is 16.9 Å². The molecule has 0 atom stereocenters. The molecule has 0 heterocycles. The van der Waals surface area contributed by atoms with Crippen LogP contribution in [0, 0.1) is 0 Å². The van der Waals surface area contributed by atoms with E-state index in [0.717, 1.165) is 16.5 Å². The molecule has 0 aliphatic rings. The Labute approximate surface area is 174 Å². The quantitative estimate of drug-likeness (QED) is 0.423. The van der Waals surface area contributed by atoms with E-state index >= 15 is 0 Å². The number of hydrogen-bond donors (Lipinski definition) is 3. The standard InChI is InChI=1S/C25H21N3O2/c29-24(28-23-16-8-10-18-9-4-5-13-20(18)23)17-26-22-15-7-6-14-21(22)25(30)27-19-11-2-1-3-12-19/h1-16,26H,17H2,(H,27,30)(H,28,29). The first-order valence-corrected chi connectivity index (χ1v) is 9.67. The molecule has 0 unspecified atom stereocenters. The predicted molar refractivity (Wildman–Crippen MR) is 122 cm³/mol. The van der Waals surface area contributed by atoms with Gasteiger partial charge in [-0.05, 0) is 35.7 Å². The van der Waals surface area contributed by atoms with Crippen LogP contribution in [0.3, 0.4) is 0 Å². The van der Waals surface area contributed by atoms with Gasteiger partial charge in [-0.3, -0.25) is 9.59 Å². The van der Waals surface area contributed by atoms with Crippen molar-refractivity contribution < 1.29 is 9.59 Å². The Bertz CT molecular complexity index is 1180. The van der Waals surface area contributed by atoms with Crippen LogP contribution in [0.5, 0.6) is 0 Å². The van der Waals surface area contributed by atoms with E-state index in [4.69, 9.17) is 0 Å². The van der Waals surface area contributed by atoms with Crippen molar-refractivity contribution in [1.29, 1.82) is 0 Å². The number of carbonyl (C=O) groups is 2. The summed E-state index contributed by atoms with van der Waals surface area (Å²) in [5.74, 6) is -0.427. The molecule has 3 N–H and O–H groups in total. The minimum atomic E-state index is -0.237. The number of fused-ring (bicyclic) bond motifs is 1. The molecule has 5 nitrogen and oxygen atoms in total. The molecule has 0 fully saturated rings. The molecular weight excluding hydrogens is 374 g/mol. The number of benzene rings is 4. The van der Waals surface area contributed by atoms with Crippen LogP contribution in [0.25, 0.3) is 10.8 Å². The Morgan fingerprint density at radius 3 is 2.17 bits per heavy atom. The third-order valence-corrected chi connectivity index (χ3v) is 4.71. The van der Waals surface area contributed by atoms with Gasteiger partial charge in [0.15, 0.2) is 0 Å². The lowest BCUT2D eigenvalue weighted by atomic mass is 10.1. The Hall–Kier alpha value is -4.12. The largest absolute Gasteiger partial charge is 0.376 e. The van der Waals surface area contributed by atoms with Gasteiger partial charge in [0.2, 0.25) is 5.91 Å². The minimum Gasteiger partial charge on any atom is -0.376 e. The zero-order valence-corrected chi connectivity index (χ0v) is 16.3. The summed E-state index contributed by atoms with van der Waals surface area (Å²) in [7, 11) is 0. The molecule has 2 amide bonds. The van der Waals surface area contributed by atoms with Crippen LogP contribution in [0.1, 0.15) is 10.4 Å². The smallest absolute Gasteiger partial charge is 0.257 e. The number of amides is 2. The molecule has 5 heteroatoms. The minimum absolute atomic E-state index is 0.0405. The van der Waals surface area contributed by atoms with Gasteiger partial charge in [0.1, 0.15) is 0 Å². The third-order valence-electron chi connectivity index (χ3n) is 4.71. The summed E-state index contributed by atoms with van der Waals surface area (Å²) < 4.78 is 0. The first-order chi connectivity index (χ1) is 14.7. The molecule has 0 saturated carbocycles. The Morgan fingerprint density at radius 1 is 0.633 bits per heavy atom. The van der Waals surface area contributed by atoms with Gasteiger partial charge in [-0.2, -0.15) is 0 Å². The van der Waals surface area contributed by atoms with Crippen molar-refractivity contribution in [1.82, 2.24) is 0 Å². The van der Waals surface area contributed by atoms with Crippen molar-refractivity contribution in [2.45, 2.75) is 0 Å². The van der Waals surface area contributed by atoms with Gasteiger partial charge < -0.3 is 16.0 Å². The van der Waals surface area contributed by atoms with Gasteiger partial charge in [-0.25, -0.2) is 0 Å². The zero-order chi connectivity index (χ0) is 20.8. The fourth-order valence-electron chi connectivity index (χ4n) is 3.26. The van der Waals surface area contributed by atoms with Crippen molar-refractivity contribution in [3.05, 3.63) is 103 Å². The van der Waals surface area contributed by atoms with Crippen LogP contribution in [0.4, 0.5) is 17.1 Å². The maximum atomic E-state index is 12.7. The predicted octanol–water partition coefficient (Wildman–Crippen LogP) is 5.14. The van der Waals surface area contributed by atoms with E-state index in [9.17, 15) is 9.59 Å². The second-order valence-electron chi connectivity index (χ2n) is 6.79. The molecule has 148 valence electrons. The van der Waals surface area contributed by atoms with Gasteiger partial charge >= 0.3 is 0 Å². The van der Waals surface area contributed by atoms with Crippen LogP contribution in [0.2, 0.25) is 0 Å². The van der Waals surface area contributed by atoms with Crippen molar-refractivity contribution in [2.75, 3.05) is 22.5 Å². The first kappa shape index (κ1) is 19.2. The van der Waals surface area contributed by atoms with Crippen LogP contribution in [-0.4, -0.2) is 18.4 Å². The molecule has 4 aromatic rings. The van der Waals surface area contributed by atoms with Crippen LogP contribution >= 0.6 is 0 Å². The third kappa shape index (κ3) is 4.47. The van der Waals surface area contributed by atoms with Gasteiger partial charge in [-0.15, -0.1) is 0 Å². The number of para-hydroxylation sites is 2. The Balaban J connectivity index is 1.43. The van der Waals surface area contributed by atoms with Gasteiger partial charge in [0, 0.05) is 22.4 Å². The average molecular weight is 395 g/mol. The second kappa shape index (κ2) is 8.92. The topological polar surface area (TPSA) is 70.2 Å². The highest BCUT2D eigenvalue weighted by molar-refractivity contribution is 6.08. The number of anilines is 3. The van der Waals surface area contributed by atoms with Crippen molar-refractivity contribution in [2.24, 2.45) is 0 Å². The molecular formula is C25H21N3O2. The summed E-state index contributed by atoms with van der Waals surface area (Å²) in [6.07, 6.45) is 0. The van der Waals surface area contributed by atoms with Crippen molar-refractivity contribution in [3.63, 3.8) is 0 Å². The van der Waals surface area contributed by atoms with Crippen LogP contribution in [-0.2, 0) is 4.79 Å². The maximum absolute atomic E-state index is 12.7. The SMILES string of the molecule is O=C(CNc1ccccc1C(=O)Nc1ccccc1)Nc1cccc2ccccc12. The van der Waals surface area contributed by atoms with Gasteiger partial charge in [0.25, 0.3) is 5.91 Å². The summed E-state index contributed by atoms with van der Waals surface area (Å²) in [5.41, 5.74) is 2.54. The molecule has 4 rings (SSSR count). The van der Waals surface area contributed by atoms with Crippen LogP contribution < -0.4 is 16.0 Å². The second-order valence-corrected chi connectivity index (χ2v) is 6.79. The van der Waals surface area contributed by atoms with Crippen molar-refractivity contribution in [3.8, 4) is 0 Å². The van der Waals surface area contributed by atoms with E-state index in [-0.39, 0.29) is 18.4 Å². The molecule has 0 spiro atoms. The average Bonchev–Trinajstić information content (AvgIpc) is 2.79. The maximum Gasteiger partial charge on any atom is 0.257 e. The lowest BCUT2D eigenvalue weighted by Crippen LogP contribution is -2.23. The van der Waals surface area contributed by atoms with Gasteiger partial charge in [0.05, 0.1) is 12.1 Å². The van der Waals surface area contributed by atoms with Gasteiger partial charge in [-0.1, -0.05) is 66.7 Å². The van der Waals surface area contributed by atoms with E-state index in [2.05, 4.69) is 16.0 Å². The summed E-state index contributed by atoms with van der Waals surface area (Å²) >= 11 is 0. The van der Waals surface area contributed by atoms with E-state index in [1.807, 2.05) is 78.9 Å². The number of hydrogen-bond acceptors (Lipinski definition) is 3.